The van der Waals surface area contributed by atoms with Gasteiger partial charge in [0.15, 0.2) is 0 Å². The van der Waals surface area contributed by atoms with E-state index in [1.165, 1.54) is 18.6 Å². The van der Waals surface area contributed by atoms with Crippen molar-refractivity contribution < 1.29 is 13.9 Å². The first-order valence-corrected chi connectivity index (χ1v) is 7.80. The third-order valence-corrected chi connectivity index (χ3v) is 5.76. The van der Waals surface area contributed by atoms with Crippen LogP contribution in [-0.2, 0) is 6.42 Å². The van der Waals surface area contributed by atoms with Crippen LogP contribution in [0.4, 0.5) is 8.78 Å². The van der Waals surface area contributed by atoms with Crippen LogP contribution in [0.2, 0.25) is 0 Å². The van der Waals surface area contributed by atoms with E-state index in [9.17, 15) is 13.9 Å². The van der Waals surface area contributed by atoms with Gasteiger partial charge in [0.2, 0.25) is 0 Å². The quantitative estimate of drug-likeness (QED) is 0.894. The van der Waals surface area contributed by atoms with Crippen LogP contribution in [0.1, 0.15) is 37.7 Å². The lowest BCUT2D eigenvalue weighted by Gasteiger charge is -2.44. The Balaban J connectivity index is 1.77. The van der Waals surface area contributed by atoms with Gasteiger partial charge in [-0.1, -0.05) is 12.5 Å². The molecule has 0 amide bonds. The van der Waals surface area contributed by atoms with Gasteiger partial charge in [-0.05, 0) is 37.3 Å². The predicted octanol–water partition coefficient (Wildman–Crippen LogP) is 3.69. The Kier molecular flexibility index (Phi) is 3.56. The predicted molar refractivity (Wildman–Crippen MR) is 73.3 cm³/mol. The molecule has 3 rings (SSSR count). The SMILES string of the molecule is OC1(Cc2ccc(F)cc2F)CC2CCCC(C1)S2. The normalized spacial score (nSPS) is 34.3. The molecule has 0 saturated carbocycles. The molecule has 2 unspecified atom stereocenters. The Morgan fingerprint density at radius 2 is 1.89 bits per heavy atom. The van der Waals surface area contributed by atoms with Gasteiger partial charge in [0.1, 0.15) is 11.6 Å². The number of benzene rings is 1. The molecule has 2 heterocycles. The topological polar surface area (TPSA) is 20.2 Å². The molecule has 2 atom stereocenters. The Bertz CT molecular complexity index is 465. The van der Waals surface area contributed by atoms with Gasteiger partial charge in [-0.15, -0.1) is 0 Å². The standard InChI is InChI=1S/C15H18F2OS/c16-11-5-4-10(14(17)6-11)7-15(18)8-12-2-1-3-13(9-15)19-12/h4-6,12-13,18H,1-3,7-9H2. The zero-order chi connectivity index (χ0) is 13.5. The summed E-state index contributed by atoms with van der Waals surface area (Å²) in [7, 11) is 0. The number of aliphatic hydroxyl groups is 1. The summed E-state index contributed by atoms with van der Waals surface area (Å²) < 4.78 is 26.6. The maximum Gasteiger partial charge on any atom is 0.129 e. The Morgan fingerprint density at radius 3 is 2.53 bits per heavy atom. The maximum absolute atomic E-state index is 13.7. The summed E-state index contributed by atoms with van der Waals surface area (Å²) >= 11 is 1.98. The molecule has 2 aliphatic rings. The Labute approximate surface area is 116 Å². The molecular formula is C15H18F2OS. The average Bonchev–Trinajstić information content (AvgIpc) is 2.32. The molecular weight excluding hydrogens is 266 g/mol. The number of halogens is 2. The largest absolute Gasteiger partial charge is 0.389 e. The Hall–Kier alpha value is -0.610. The van der Waals surface area contributed by atoms with E-state index >= 15 is 0 Å². The van der Waals surface area contributed by atoms with Crippen molar-refractivity contribution in [2.45, 2.75) is 54.6 Å². The van der Waals surface area contributed by atoms with Crippen LogP contribution in [0.25, 0.3) is 0 Å². The summed E-state index contributed by atoms with van der Waals surface area (Å²) in [6, 6.07) is 3.62. The molecule has 0 spiro atoms. The lowest BCUT2D eigenvalue weighted by molar-refractivity contribution is 0.0122. The van der Waals surface area contributed by atoms with Crippen molar-refractivity contribution in [2.75, 3.05) is 0 Å². The second-order valence-electron chi connectivity index (χ2n) is 5.86. The molecule has 19 heavy (non-hydrogen) atoms. The van der Waals surface area contributed by atoms with Crippen molar-refractivity contribution in [3.8, 4) is 0 Å². The molecule has 1 aromatic rings. The zero-order valence-electron chi connectivity index (χ0n) is 10.7. The highest BCUT2D eigenvalue weighted by atomic mass is 32.2. The minimum atomic E-state index is -0.820. The maximum atomic E-state index is 13.7. The fourth-order valence-corrected chi connectivity index (χ4v) is 5.34. The van der Waals surface area contributed by atoms with Crippen molar-refractivity contribution in [3.63, 3.8) is 0 Å². The van der Waals surface area contributed by atoms with E-state index in [0.29, 0.717) is 22.5 Å². The summed E-state index contributed by atoms with van der Waals surface area (Å²) in [6.45, 7) is 0. The van der Waals surface area contributed by atoms with E-state index in [-0.39, 0.29) is 0 Å². The van der Waals surface area contributed by atoms with Gasteiger partial charge in [-0.25, -0.2) is 8.78 Å². The van der Waals surface area contributed by atoms with Crippen LogP contribution in [-0.4, -0.2) is 21.2 Å². The second-order valence-corrected chi connectivity index (χ2v) is 7.46. The monoisotopic (exact) mass is 284 g/mol. The molecule has 0 radical (unpaired) electrons. The summed E-state index contributed by atoms with van der Waals surface area (Å²) in [5.74, 6) is -1.11. The number of rotatable bonds is 2. The van der Waals surface area contributed by atoms with Crippen molar-refractivity contribution >= 4 is 11.8 Å². The fourth-order valence-electron chi connectivity index (χ4n) is 3.38. The highest BCUT2D eigenvalue weighted by molar-refractivity contribution is 8.00. The molecule has 1 nitrogen and oxygen atoms in total. The van der Waals surface area contributed by atoms with Crippen LogP contribution in [0, 0.1) is 11.6 Å². The molecule has 2 saturated heterocycles. The summed E-state index contributed by atoms with van der Waals surface area (Å²) in [5.41, 5.74) is -0.395. The highest BCUT2D eigenvalue weighted by Gasteiger charge is 2.41. The molecule has 0 aromatic heterocycles. The van der Waals surface area contributed by atoms with Gasteiger partial charge < -0.3 is 5.11 Å². The average molecular weight is 284 g/mol. The van der Waals surface area contributed by atoms with E-state index in [0.717, 1.165) is 31.7 Å². The smallest absolute Gasteiger partial charge is 0.129 e. The van der Waals surface area contributed by atoms with Crippen molar-refractivity contribution in [1.29, 1.82) is 0 Å². The number of fused-ring (bicyclic) bond motifs is 2. The van der Waals surface area contributed by atoms with Gasteiger partial charge in [-0.2, -0.15) is 11.8 Å². The van der Waals surface area contributed by atoms with Gasteiger partial charge in [0.05, 0.1) is 5.60 Å². The van der Waals surface area contributed by atoms with Crippen molar-refractivity contribution in [3.05, 3.63) is 35.4 Å². The lowest BCUT2D eigenvalue weighted by atomic mass is 9.81. The van der Waals surface area contributed by atoms with Crippen molar-refractivity contribution in [2.24, 2.45) is 0 Å². The van der Waals surface area contributed by atoms with Gasteiger partial charge >= 0.3 is 0 Å². The van der Waals surface area contributed by atoms with Gasteiger partial charge in [-0.3, -0.25) is 0 Å². The van der Waals surface area contributed by atoms with Crippen molar-refractivity contribution in [1.82, 2.24) is 0 Å². The fraction of sp³-hybridized carbons (Fsp3) is 0.600. The zero-order valence-corrected chi connectivity index (χ0v) is 11.6. The number of thioether (sulfide) groups is 1. The number of hydrogen-bond donors (Lipinski definition) is 1. The Morgan fingerprint density at radius 1 is 1.21 bits per heavy atom. The molecule has 2 bridgehead atoms. The first-order chi connectivity index (χ1) is 9.04. The first kappa shape index (κ1) is 13.4. The summed E-state index contributed by atoms with van der Waals surface area (Å²) in [5, 5.41) is 11.8. The minimum Gasteiger partial charge on any atom is -0.389 e. The van der Waals surface area contributed by atoms with Crippen LogP contribution in [0.3, 0.4) is 0 Å². The van der Waals surface area contributed by atoms with E-state index in [1.807, 2.05) is 11.8 Å². The second kappa shape index (κ2) is 5.06. The molecule has 4 heteroatoms. The van der Waals surface area contributed by atoms with E-state index in [2.05, 4.69) is 0 Å². The molecule has 2 fully saturated rings. The van der Waals surface area contributed by atoms with E-state index in [4.69, 9.17) is 0 Å². The molecule has 104 valence electrons. The highest BCUT2D eigenvalue weighted by Crippen LogP contribution is 2.46. The first-order valence-electron chi connectivity index (χ1n) is 6.86. The van der Waals surface area contributed by atoms with Crippen LogP contribution in [0.15, 0.2) is 18.2 Å². The molecule has 0 aliphatic carbocycles. The van der Waals surface area contributed by atoms with Crippen LogP contribution in [0.5, 0.6) is 0 Å². The van der Waals surface area contributed by atoms with E-state index in [1.54, 1.807) is 0 Å². The number of hydrogen-bond acceptors (Lipinski definition) is 2. The van der Waals surface area contributed by atoms with E-state index < -0.39 is 17.2 Å². The third-order valence-electron chi connectivity index (χ3n) is 4.19. The summed E-state index contributed by atoms with van der Waals surface area (Å²) in [4.78, 5) is 0. The van der Waals surface area contributed by atoms with Gasteiger partial charge in [0, 0.05) is 23.0 Å². The third kappa shape index (κ3) is 2.95. The molecule has 2 aliphatic heterocycles. The summed E-state index contributed by atoms with van der Waals surface area (Å²) in [6.07, 6.45) is 5.29. The van der Waals surface area contributed by atoms with Crippen LogP contribution >= 0.6 is 11.8 Å². The lowest BCUT2D eigenvalue weighted by Crippen LogP contribution is -2.44. The van der Waals surface area contributed by atoms with Crippen LogP contribution < -0.4 is 0 Å². The van der Waals surface area contributed by atoms with Gasteiger partial charge in [0.25, 0.3) is 0 Å². The molecule has 1 aromatic carbocycles. The minimum absolute atomic E-state index is 0.298. The molecule has 1 N–H and O–H groups in total.